The van der Waals surface area contributed by atoms with E-state index >= 15 is 0 Å². The first-order valence-electron chi connectivity index (χ1n) is 8.01. The van der Waals surface area contributed by atoms with E-state index in [9.17, 15) is 18.0 Å². The van der Waals surface area contributed by atoms with Crippen molar-refractivity contribution >= 4 is 21.9 Å². The molecular formula is C17H26N2O5S. The van der Waals surface area contributed by atoms with Crippen LogP contribution in [-0.4, -0.2) is 45.7 Å². The number of esters is 1. The van der Waals surface area contributed by atoms with Crippen molar-refractivity contribution in [2.24, 2.45) is 5.92 Å². The van der Waals surface area contributed by atoms with Crippen LogP contribution < -0.4 is 10.0 Å². The molecule has 0 fully saturated rings. The number of sulfonamides is 1. The minimum Gasteiger partial charge on any atom is -0.467 e. The van der Waals surface area contributed by atoms with E-state index in [1.807, 2.05) is 44.2 Å². The lowest BCUT2D eigenvalue weighted by Crippen LogP contribution is -2.52. The minimum absolute atomic E-state index is 0.0932. The summed E-state index contributed by atoms with van der Waals surface area (Å²) >= 11 is 0. The summed E-state index contributed by atoms with van der Waals surface area (Å²) in [5, 5.41) is 2.60. The molecule has 0 aliphatic rings. The second-order valence-corrected chi connectivity index (χ2v) is 8.13. The number of rotatable bonds is 9. The molecule has 0 unspecified atom stereocenters. The van der Waals surface area contributed by atoms with Crippen molar-refractivity contribution in [3.05, 3.63) is 35.9 Å². The van der Waals surface area contributed by atoms with Crippen LogP contribution in [0.1, 0.15) is 25.8 Å². The SMILES string of the molecule is COC(=O)[C@H](Cc1ccccc1)NC(=O)[C@@H](CC(C)C)NS(C)(=O)=O. The predicted octanol–water partition coefficient (Wildman–Crippen LogP) is 0.851. The maximum atomic E-state index is 12.5. The van der Waals surface area contributed by atoms with Crippen LogP contribution in [0.5, 0.6) is 0 Å². The van der Waals surface area contributed by atoms with Crippen LogP contribution in [0.15, 0.2) is 30.3 Å². The van der Waals surface area contributed by atoms with Gasteiger partial charge in [0.25, 0.3) is 0 Å². The summed E-state index contributed by atoms with van der Waals surface area (Å²) < 4.78 is 30.1. The molecule has 0 aliphatic carbocycles. The zero-order valence-electron chi connectivity index (χ0n) is 15.0. The van der Waals surface area contributed by atoms with Crippen LogP contribution in [0.4, 0.5) is 0 Å². The minimum atomic E-state index is -3.56. The second-order valence-electron chi connectivity index (χ2n) is 6.35. The predicted molar refractivity (Wildman–Crippen MR) is 95.3 cm³/mol. The first-order chi connectivity index (χ1) is 11.6. The fourth-order valence-electron chi connectivity index (χ4n) is 2.40. The Hall–Kier alpha value is -1.93. The Bertz CT molecular complexity index is 674. The van der Waals surface area contributed by atoms with Gasteiger partial charge in [0.05, 0.1) is 13.4 Å². The van der Waals surface area contributed by atoms with Gasteiger partial charge in [0.2, 0.25) is 15.9 Å². The molecule has 2 atom stereocenters. The van der Waals surface area contributed by atoms with E-state index in [1.54, 1.807) is 0 Å². The summed E-state index contributed by atoms with van der Waals surface area (Å²) in [4.78, 5) is 24.5. The van der Waals surface area contributed by atoms with Crippen molar-refractivity contribution in [2.45, 2.75) is 38.8 Å². The average molecular weight is 370 g/mol. The van der Waals surface area contributed by atoms with Gasteiger partial charge in [-0.3, -0.25) is 4.79 Å². The molecule has 7 nitrogen and oxygen atoms in total. The second kappa shape index (κ2) is 9.53. The van der Waals surface area contributed by atoms with Crippen LogP contribution in [0.3, 0.4) is 0 Å². The molecule has 2 N–H and O–H groups in total. The van der Waals surface area contributed by atoms with Crippen LogP contribution in [0.2, 0.25) is 0 Å². The summed E-state index contributed by atoms with van der Waals surface area (Å²) in [7, 11) is -2.32. The number of hydrogen-bond donors (Lipinski definition) is 2. The number of methoxy groups -OCH3 is 1. The van der Waals surface area contributed by atoms with Gasteiger partial charge in [0.15, 0.2) is 0 Å². The van der Waals surface area contributed by atoms with E-state index in [4.69, 9.17) is 4.74 Å². The van der Waals surface area contributed by atoms with Crippen LogP contribution >= 0.6 is 0 Å². The molecule has 0 saturated heterocycles. The fraction of sp³-hybridized carbons (Fsp3) is 0.529. The summed E-state index contributed by atoms with van der Waals surface area (Å²) in [5.74, 6) is -1.04. The first kappa shape index (κ1) is 21.1. The Morgan fingerprint density at radius 3 is 2.20 bits per heavy atom. The number of benzene rings is 1. The number of carbonyl (C=O) groups is 2. The van der Waals surface area contributed by atoms with Gasteiger partial charge in [-0.1, -0.05) is 44.2 Å². The molecule has 1 rings (SSSR count). The van der Waals surface area contributed by atoms with Gasteiger partial charge in [-0.2, -0.15) is 0 Å². The number of amides is 1. The van der Waals surface area contributed by atoms with Crippen molar-refractivity contribution < 1.29 is 22.7 Å². The number of ether oxygens (including phenoxy) is 1. The van der Waals surface area contributed by atoms with Crippen LogP contribution in [-0.2, 0) is 30.8 Å². The highest BCUT2D eigenvalue weighted by atomic mass is 32.2. The smallest absolute Gasteiger partial charge is 0.328 e. The topological polar surface area (TPSA) is 102 Å². The molecule has 0 spiro atoms. The highest BCUT2D eigenvalue weighted by Gasteiger charge is 2.28. The Kier molecular flexibility index (Phi) is 8.05. The van der Waals surface area contributed by atoms with Crippen molar-refractivity contribution in [3.8, 4) is 0 Å². The van der Waals surface area contributed by atoms with Crippen LogP contribution in [0, 0.1) is 5.92 Å². The molecule has 25 heavy (non-hydrogen) atoms. The molecule has 140 valence electrons. The van der Waals surface area contributed by atoms with E-state index in [0.29, 0.717) is 6.42 Å². The monoisotopic (exact) mass is 370 g/mol. The third-order valence-electron chi connectivity index (χ3n) is 3.46. The van der Waals surface area contributed by atoms with Gasteiger partial charge >= 0.3 is 5.97 Å². The third kappa shape index (κ3) is 8.13. The summed E-state index contributed by atoms with van der Waals surface area (Å²) in [6.07, 6.45) is 1.57. The van der Waals surface area contributed by atoms with Crippen molar-refractivity contribution in [1.29, 1.82) is 0 Å². The van der Waals surface area contributed by atoms with Crippen molar-refractivity contribution in [3.63, 3.8) is 0 Å². The molecule has 0 aromatic heterocycles. The van der Waals surface area contributed by atoms with Crippen molar-refractivity contribution in [2.75, 3.05) is 13.4 Å². The highest BCUT2D eigenvalue weighted by Crippen LogP contribution is 2.09. The molecule has 0 heterocycles. The Balaban J connectivity index is 2.91. The summed E-state index contributed by atoms with van der Waals surface area (Å²) in [6, 6.07) is 7.35. The van der Waals surface area contributed by atoms with E-state index in [2.05, 4.69) is 10.0 Å². The lowest BCUT2D eigenvalue weighted by atomic mass is 10.0. The van der Waals surface area contributed by atoms with E-state index < -0.39 is 34.0 Å². The average Bonchev–Trinajstić information content (AvgIpc) is 2.52. The van der Waals surface area contributed by atoms with E-state index in [0.717, 1.165) is 11.8 Å². The highest BCUT2D eigenvalue weighted by molar-refractivity contribution is 7.88. The van der Waals surface area contributed by atoms with Gasteiger partial charge in [-0.05, 0) is 17.9 Å². The van der Waals surface area contributed by atoms with Crippen molar-refractivity contribution in [1.82, 2.24) is 10.0 Å². The molecule has 1 amide bonds. The standard InChI is InChI=1S/C17H26N2O5S/c1-12(2)10-14(19-25(4,22)23)16(20)18-15(17(21)24-3)11-13-8-6-5-7-9-13/h5-9,12,14-15,19H,10-11H2,1-4H3,(H,18,20)/t14-,15+/m1/s1. The number of nitrogens with one attached hydrogen (secondary N) is 2. The maximum absolute atomic E-state index is 12.5. The zero-order chi connectivity index (χ0) is 19.0. The molecular weight excluding hydrogens is 344 g/mol. The first-order valence-corrected chi connectivity index (χ1v) is 9.91. The molecule has 1 aromatic carbocycles. The maximum Gasteiger partial charge on any atom is 0.328 e. The lowest BCUT2D eigenvalue weighted by Gasteiger charge is -2.22. The lowest BCUT2D eigenvalue weighted by molar-refractivity contribution is -0.145. The number of carbonyl (C=O) groups excluding carboxylic acids is 2. The summed E-state index contributed by atoms with van der Waals surface area (Å²) in [5.41, 5.74) is 0.856. The Morgan fingerprint density at radius 2 is 1.72 bits per heavy atom. The molecule has 0 bridgehead atoms. The van der Waals surface area contributed by atoms with Gasteiger partial charge in [0.1, 0.15) is 12.1 Å². The van der Waals surface area contributed by atoms with Gasteiger partial charge < -0.3 is 10.1 Å². The Labute approximate surface area is 149 Å². The molecule has 0 radical (unpaired) electrons. The van der Waals surface area contributed by atoms with Gasteiger partial charge in [-0.25, -0.2) is 17.9 Å². The third-order valence-corrected chi connectivity index (χ3v) is 4.18. The quantitative estimate of drug-likeness (QED) is 0.628. The molecule has 8 heteroatoms. The molecule has 0 aliphatic heterocycles. The summed E-state index contributed by atoms with van der Waals surface area (Å²) in [6.45, 7) is 3.76. The van der Waals surface area contributed by atoms with E-state index in [-0.39, 0.29) is 12.3 Å². The normalized spacial score (nSPS) is 14.0. The number of hydrogen-bond acceptors (Lipinski definition) is 5. The van der Waals surface area contributed by atoms with Gasteiger partial charge in [0, 0.05) is 6.42 Å². The molecule has 0 saturated carbocycles. The largest absolute Gasteiger partial charge is 0.467 e. The Morgan fingerprint density at radius 1 is 1.12 bits per heavy atom. The zero-order valence-corrected chi connectivity index (χ0v) is 15.8. The van der Waals surface area contributed by atoms with E-state index in [1.165, 1.54) is 7.11 Å². The fourth-order valence-corrected chi connectivity index (χ4v) is 3.12. The molecule has 1 aromatic rings. The van der Waals surface area contributed by atoms with Crippen LogP contribution in [0.25, 0.3) is 0 Å². The van der Waals surface area contributed by atoms with Gasteiger partial charge in [-0.15, -0.1) is 0 Å².